The maximum Gasteiger partial charge on any atom is 0.416 e. The number of hydrogen-bond acceptors (Lipinski definition) is 0. The summed E-state index contributed by atoms with van der Waals surface area (Å²) in [6, 6.07) is 9.21. The first-order valence-corrected chi connectivity index (χ1v) is 8.46. The Morgan fingerprint density at radius 2 is 0.792 bits per heavy atom. The molecule has 0 aliphatic carbocycles. The summed E-state index contributed by atoms with van der Waals surface area (Å²) in [4.78, 5) is -0.812. The molecular formula is C16H10Br2F6. The Morgan fingerprint density at radius 3 is 1.00 bits per heavy atom. The molecule has 0 N–H and O–H groups in total. The van der Waals surface area contributed by atoms with Gasteiger partial charge in [-0.25, -0.2) is 0 Å². The lowest BCUT2D eigenvalue weighted by molar-refractivity contribution is -0.138. The van der Waals surface area contributed by atoms with Gasteiger partial charge < -0.3 is 0 Å². The van der Waals surface area contributed by atoms with Gasteiger partial charge in [-0.3, -0.25) is 0 Å². The zero-order chi connectivity index (χ0) is 18.1. The number of rotatable bonds is 3. The third-order valence-corrected chi connectivity index (χ3v) is 6.19. The van der Waals surface area contributed by atoms with Gasteiger partial charge in [0.05, 0.1) is 20.8 Å². The smallest absolute Gasteiger partial charge is 0.166 e. The molecule has 8 heteroatoms. The third-order valence-electron chi connectivity index (χ3n) is 3.37. The topological polar surface area (TPSA) is 0 Å². The largest absolute Gasteiger partial charge is 0.416 e. The van der Waals surface area contributed by atoms with E-state index in [1.807, 2.05) is 0 Å². The van der Waals surface area contributed by atoms with E-state index >= 15 is 0 Å². The van der Waals surface area contributed by atoms with Crippen molar-refractivity contribution < 1.29 is 26.3 Å². The van der Waals surface area contributed by atoms with E-state index < -0.39 is 33.1 Å². The van der Waals surface area contributed by atoms with Crippen molar-refractivity contribution in [2.75, 3.05) is 0 Å². The van der Waals surface area contributed by atoms with E-state index in [1.54, 1.807) is 0 Å². The average Bonchev–Trinajstić information content (AvgIpc) is 2.52. The molecule has 0 saturated carbocycles. The van der Waals surface area contributed by atoms with Gasteiger partial charge in [0, 0.05) is 0 Å². The highest BCUT2D eigenvalue weighted by Crippen LogP contribution is 2.43. The Labute approximate surface area is 151 Å². The van der Waals surface area contributed by atoms with Crippen molar-refractivity contribution in [1.82, 2.24) is 0 Å². The van der Waals surface area contributed by atoms with Gasteiger partial charge >= 0.3 is 12.4 Å². The van der Waals surface area contributed by atoms with Crippen molar-refractivity contribution in [2.24, 2.45) is 0 Å². The maximum atomic E-state index is 12.6. The van der Waals surface area contributed by atoms with E-state index in [2.05, 4.69) is 31.9 Å². The van der Waals surface area contributed by atoms with Crippen LogP contribution in [0.2, 0.25) is 0 Å². The molecule has 2 rings (SSSR count). The zero-order valence-corrected chi connectivity index (χ0v) is 15.0. The van der Waals surface area contributed by atoms with Crippen LogP contribution in [0.4, 0.5) is 26.3 Å². The SMILES string of the molecule is FC(F)(F)c1ccc([C@@H](Br)[C@@H](Br)c2ccc(C(F)(F)F)cc2)cc1. The molecule has 2 aromatic carbocycles. The van der Waals surface area contributed by atoms with E-state index in [0.29, 0.717) is 11.1 Å². The second kappa shape index (κ2) is 7.07. The highest BCUT2D eigenvalue weighted by atomic mass is 79.9. The average molecular weight is 476 g/mol. The zero-order valence-electron chi connectivity index (χ0n) is 11.8. The summed E-state index contributed by atoms with van der Waals surface area (Å²) in [5.41, 5.74) is -0.368. The molecule has 2 aromatic rings. The molecule has 0 fully saturated rings. The maximum absolute atomic E-state index is 12.6. The van der Waals surface area contributed by atoms with E-state index in [9.17, 15) is 26.3 Å². The van der Waals surface area contributed by atoms with E-state index in [1.165, 1.54) is 24.3 Å². The standard InChI is InChI=1S/C16H10Br2F6/c17-13(9-1-5-11(6-2-9)15(19,20)21)14(18)10-3-7-12(8-4-10)16(22,23)24/h1-8,13-14H/t13-,14+. The summed E-state index contributed by atoms with van der Waals surface area (Å²) < 4.78 is 75.4. The van der Waals surface area contributed by atoms with Crippen molar-refractivity contribution >= 4 is 31.9 Å². The molecule has 0 heterocycles. The highest BCUT2D eigenvalue weighted by Gasteiger charge is 2.32. The van der Waals surface area contributed by atoms with Crippen molar-refractivity contribution in [1.29, 1.82) is 0 Å². The van der Waals surface area contributed by atoms with E-state index in [-0.39, 0.29) is 0 Å². The van der Waals surface area contributed by atoms with Crippen LogP contribution in [0.5, 0.6) is 0 Å². The third kappa shape index (κ3) is 4.53. The quantitative estimate of drug-likeness (QED) is 0.323. The molecule has 0 aliphatic heterocycles. The van der Waals surface area contributed by atoms with Gasteiger partial charge in [-0.15, -0.1) is 0 Å². The second-order valence-corrected chi connectivity index (χ2v) is 7.02. The van der Waals surface area contributed by atoms with Gasteiger partial charge in [-0.1, -0.05) is 56.1 Å². The van der Waals surface area contributed by atoms with Gasteiger partial charge in [-0.05, 0) is 35.4 Å². The molecule has 0 spiro atoms. The lowest BCUT2D eigenvalue weighted by Crippen LogP contribution is -2.07. The second-order valence-electron chi connectivity index (χ2n) is 5.04. The first-order valence-electron chi connectivity index (χ1n) is 6.62. The van der Waals surface area contributed by atoms with Gasteiger partial charge in [0.1, 0.15) is 0 Å². The van der Waals surface area contributed by atoms with Crippen molar-refractivity contribution in [3.8, 4) is 0 Å². The fourth-order valence-corrected chi connectivity index (χ4v) is 3.27. The number of alkyl halides is 8. The summed E-state index contributed by atoms with van der Waals surface area (Å²) in [5, 5.41) is 0. The Kier molecular flexibility index (Phi) is 5.69. The predicted octanol–water partition coefficient (Wildman–Crippen LogP) is 7.30. The van der Waals surface area contributed by atoms with Crippen molar-refractivity contribution in [3.05, 3.63) is 70.8 Å². The Balaban J connectivity index is 2.18. The monoisotopic (exact) mass is 474 g/mol. The summed E-state index contributed by atoms with van der Waals surface area (Å²) >= 11 is 6.74. The molecule has 0 amide bonds. The van der Waals surface area contributed by atoms with Crippen molar-refractivity contribution in [2.45, 2.75) is 22.0 Å². The van der Waals surface area contributed by atoms with E-state index in [4.69, 9.17) is 0 Å². The van der Waals surface area contributed by atoms with Crippen LogP contribution in [0.25, 0.3) is 0 Å². The first-order chi connectivity index (χ1) is 11.0. The normalized spacial score (nSPS) is 15.2. The van der Waals surface area contributed by atoms with Crippen LogP contribution in [0.3, 0.4) is 0 Å². The molecule has 0 radical (unpaired) electrons. The highest BCUT2D eigenvalue weighted by molar-refractivity contribution is 9.12. The molecule has 24 heavy (non-hydrogen) atoms. The summed E-state index contributed by atoms with van der Waals surface area (Å²) in [6.07, 6.45) is -8.83. The minimum atomic E-state index is -4.42. The molecule has 2 atom stereocenters. The fraction of sp³-hybridized carbons (Fsp3) is 0.250. The summed E-state index contributed by atoms with van der Waals surface area (Å²) in [6.45, 7) is 0. The van der Waals surface area contributed by atoms with Crippen molar-refractivity contribution in [3.63, 3.8) is 0 Å². The van der Waals surface area contributed by atoms with E-state index in [0.717, 1.165) is 24.3 Å². The van der Waals surface area contributed by atoms with Crippen LogP contribution in [-0.2, 0) is 12.4 Å². The lowest BCUT2D eigenvalue weighted by atomic mass is 10.0. The Bertz CT molecular complexity index is 612. The van der Waals surface area contributed by atoms with Crippen LogP contribution in [0.15, 0.2) is 48.5 Å². The Morgan fingerprint density at radius 1 is 0.542 bits per heavy atom. The molecule has 0 saturated heterocycles. The number of hydrogen-bond donors (Lipinski definition) is 0. The van der Waals surface area contributed by atoms with Gasteiger partial charge in [0.15, 0.2) is 0 Å². The summed E-state index contributed by atoms with van der Waals surface area (Å²) in [5.74, 6) is 0. The van der Waals surface area contributed by atoms with Gasteiger partial charge in [0.25, 0.3) is 0 Å². The molecule has 0 aliphatic rings. The fourth-order valence-electron chi connectivity index (χ4n) is 2.05. The van der Waals surface area contributed by atoms with Crippen LogP contribution in [-0.4, -0.2) is 0 Å². The molecule has 130 valence electrons. The lowest BCUT2D eigenvalue weighted by Gasteiger charge is -2.19. The number of benzene rings is 2. The molecule has 0 bridgehead atoms. The molecule has 0 aromatic heterocycles. The van der Waals surface area contributed by atoms with Crippen LogP contribution in [0, 0.1) is 0 Å². The van der Waals surface area contributed by atoms with Crippen LogP contribution in [0.1, 0.15) is 31.9 Å². The minimum absolute atomic E-state index is 0.406. The Hall–Kier alpha value is -1.02. The molecule has 0 nitrogen and oxygen atoms in total. The first kappa shape index (κ1) is 19.3. The minimum Gasteiger partial charge on any atom is -0.166 e. The van der Waals surface area contributed by atoms with Crippen LogP contribution < -0.4 is 0 Å². The van der Waals surface area contributed by atoms with Crippen LogP contribution >= 0.6 is 31.9 Å². The predicted molar refractivity (Wildman–Crippen MR) is 86.2 cm³/mol. The van der Waals surface area contributed by atoms with Gasteiger partial charge in [0.2, 0.25) is 0 Å². The summed E-state index contributed by atoms with van der Waals surface area (Å²) in [7, 11) is 0. The number of halogens is 8. The molecule has 0 unspecified atom stereocenters. The molecular weight excluding hydrogens is 466 g/mol. The van der Waals surface area contributed by atoms with Gasteiger partial charge in [-0.2, -0.15) is 26.3 Å².